The van der Waals surface area contributed by atoms with Crippen LogP contribution in [0.4, 0.5) is 4.39 Å². The van der Waals surface area contributed by atoms with Crippen molar-refractivity contribution in [2.24, 2.45) is 0 Å². The Bertz CT molecular complexity index is 626. The molecule has 0 amide bonds. The van der Waals surface area contributed by atoms with Gasteiger partial charge in [0, 0.05) is 15.3 Å². The summed E-state index contributed by atoms with van der Waals surface area (Å²) in [4.78, 5) is 13.5. The van der Waals surface area contributed by atoms with E-state index in [1.165, 1.54) is 12.1 Å². The number of hydrogen-bond donors (Lipinski definition) is 0. The molecule has 1 aromatic carbocycles. The number of carbonyl (C=O) groups excluding carboxylic acids is 1. The van der Waals surface area contributed by atoms with Crippen LogP contribution in [0.3, 0.4) is 0 Å². The highest BCUT2D eigenvalue weighted by Gasteiger charge is 2.06. The van der Waals surface area contributed by atoms with Crippen molar-refractivity contribution < 1.29 is 13.9 Å². The first kappa shape index (κ1) is 14.5. The fourth-order valence-electron chi connectivity index (χ4n) is 1.72. The molecular weight excluding hydrogens is 275 g/mol. The zero-order valence-corrected chi connectivity index (χ0v) is 12.2. The minimum Gasteiger partial charge on any atom is -0.463 e. The molecule has 0 radical (unpaired) electrons. The van der Waals surface area contributed by atoms with Crippen molar-refractivity contribution in [3.8, 4) is 10.4 Å². The lowest BCUT2D eigenvalue weighted by atomic mass is 10.2. The predicted molar refractivity (Wildman–Crippen MR) is 80.0 cm³/mol. The Morgan fingerprint density at radius 2 is 1.95 bits per heavy atom. The molecule has 0 aliphatic carbocycles. The summed E-state index contributed by atoms with van der Waals surface area (Å²) in [5.41, 5.74) is 1.53. The molecule has 0 saturated carbocycles. The number of benzene rings is 1. The molecule has 0 bridgehead atoms. The molecule has 2 nitrogen and oxygen atoms in total. The van der Waals surface area contributed by atoms with Crippen LogP contribution in [0.25, 0.3) is 16.5 Å². The monoisotopic (exact) mass is 290 g/mol. The van der Waals surface area contributed by atoms with Crippen molar-refractivity contribution in [3.05, 3.63) is 52.7 Å². The van der Waals surface area contributed by atoms with Gasteiger partial charge in [-0.1, -0.05) is 12.1 Å². The number of halogens is 1. The van der Waals surface area contributed by atoms with E-state index in [4.69, 9.17) is 4.74 Å². The maximum atomic E-state index is 12.9. The Balaban J connectivity index is 2.19. The molecule has 0 aliphatic heterocycles. The Morgan fingerprint density at radius 3 is 2.60 bits per heavy atom. The molecule has 0 spiro atoms. The van der Waals surface area contributed by atoms with Crippen molar-refractivity contribution in [3.63, 3.8) is 0 Å². The Hall–Kier alpha value is -1.94. The summed E-state index contributed by atoms with van der Waals surface area (Å²) in [5.74, 6) is -0.548. The fourth-order valence-corrected chi connectivity index (χ4v) is 2.73. The summed E-state index contributed by atoms with van der Waals surface area (Å²) in [6, 6.07) is 10.3. The van der Waals surface area contributed by atoms with Crippen LogP contribution in [0.15, 0.2) is 42.0 Å². The first-order valence-electron chi connectivity index (χ1n) is 6.31. The van der Waals surface area contributed by atoms with E-state index in [-0.39, 0.29) is 11.8 Å². The van der Waals surface area contributed by atoms with Crippen LogP contribution in [-0.4, -0.2) is 12.6 Å². The Morgan fingerprint density at radius 1 is 1.25 bits per heavy atom. The third-order valence-electron chi connectivity index (χ3n) is 2.71. The molecule has 0 unspecified atom stereocenters. The second-order valence-electron chi connectivity index (χ2n) is 4.26. The molecule has 2 aromatic rings. The molecule has 0 atom stereocenters. The van der Waals surface area contributed by atoms with Crippen LogP contribution in [0.1, 0.15) is 18.7 Å². The van der Waals surface area contributed by atoms with Gasteiger partial charge in [0.25, 0.3) is 0 Å². The highest BCUT2D eigenvalue weighted by atomic mass is 32.1. The number of esters is 1. The van der Waals surface area contributed by atoms with Gasteiger partial charge >= 0.3 is 5.97 Å². The fraction of sp³-hybridized carbons (Fsp3) is 0.188. The summed E-state index contributed by atoms with van der Waals surface area (Å²) in [6.45, 7) is 3.88. The summed E-state index contributed by atoms with van der Waals surface area (Å²) >= 11 is 1.55. The smallest absolute Gasteiger partial charge is 0.333 e. The lowest BCUT2D eigenvalue weighted by molar-refractivity contribution is -0.138. The molecule has 0 N–H and O–H groups in total. The van der Waals surface area contributed by atoms with Gasteiger partial charge in [-0.3, -0.25) is 0 Å². The normalized spacial score (nSPS) is 11.4. The number of carbonyl (C=O) groups is 1. The average molecular weight is 290 g/mol. The van der Waals surface area contributed by atoms with Crippen molar-refractivity contribution in [2.75, 3.05) is 6.61 Å². The van der Waals surface area contributed by atoms with E-state index in [2.05, 4.69) is 0 Å². The molecular formula is C16H15FO2S. The maximum absolute atomic E-state index is 12.9. The second-order valence-corrected chi connectivity index (χ2v) is 5.37. The third-order valence-corrected chi connectivity index (χ3v) is 3.79. The minimum absolute atomic E-state index is 0.247. The summed E-state index contributed by atoms with van der Waals surface area (Å²) < 4.78 is 17.8. The van der Waals surface area contributed by atoms with Crippen molar-refractivity contribution in [1.82, 2.24) is 0 Å². The molecule has 1 heterocycles. The van der Waals surface area contributed by atoms with E-state index in [1.54, 1.807) is 43.4 Å². The SMILES string of the molecule is CCOC(=O)/C(C)=C/c1ccc(-c2ccc(F)cc2)s1. The van der Waals surface area contributed by atoms with Gasteiger partial charge in [0.2, 0.25) is 0 Å². The Kier molecular flexibility index (Phi) is 4.69. The van der Waals surface area contributed by atoms with E-state index in [1.807, 2.05) is 12.1 Å². The van der Waals surface area contributed by atoms with E-state index in [9.17, 15) is 9.18 Å². The minimum atomic E-state index is -0.302. The first-order valence-corrected chi connectivity index (χ1v) is 7.13. The molecule has 4 heteroatoms. The Labute approximate surface area is 121 Å². The number of thiophene rings is 1. The molecule has 1 aromatic heterocycles. The van der Waals surface area contributed by atoms with Crippen LogP contribution in [0.5, 0.6) is 0 Å². The van der Waals surface area contributed by atoms with Gasteiger partial charge in [-0.2, -0.15) is 0 Å². The van der Waals surface area contributed by atoms with Crippen molar-refractivity contribution >= 4 is 23.4 Å². The quantitative estimate of drug-likeness (QED) is 0.611. The van der Waals surface area contributed by atoms with Crippen molar-refractivity contribution in [1.29, 1.82) is 0 Å². The first-order chi connectivity index (χ1) is 9.60. The molecule has 20 heavy (non-hydrogen) atoms. The van der Waals surface area contributed by atoms with Gasteiger partial charge in [0.05, 0.1) is 6.61 Å². The standard InChI is InChI=1S/C16H15FO2S/c1-3-19-16(18)11(2)10-14-8-9-15(20-14)12-4-6-13(17)7-5-12/h4-10H,3H2,1-2H3/b11-10+. The lowest BCUT2D eigenvalue weighted by Crippen LogP contribution is -2.04. The van der Waals surface area contributed by atoms with Gasteiger partial charge < -0.3 is 4.74 Å². The van der Waals surface area contributed by atoms with Crippen molar-refractivity contribution in [2.45, 2.75) is 13.8 Å². The summed E-state index contributed by atoms with van der Waals surface area (Å²) in [6.07, 6.45) is 1.80. The highest BCUT2D eigenvalue weighted by molar-refractivity contribution is 7.16. The number of hydrogen-bond acceptors (Lipinski definition) is 3. The molecule has 0 aliphatic rings. The van der Waals surface area contributed by atoms with E-state index < -0.39 is 0 Å². The third kappa shape index (κ3) is 3.54. The van der Waals surface area contributed by atoms with E-state index >= 15 is 0 Å². The molecule has 2 rings (SSSR count). The molecule has 104 valence electrons. The molecule has 0 fully saturated rings. The number of rotatable bonds is 4. The average Bonchev–Trinajstić information content (AvgIpc) is 2.88. The van der Waals surface area contributed by atoms with Crippen LogP contribution in [0, 0.1) is 5.82 Å². The maximum Gasteiger partial charge on any atom is 0.333 e. The predicted octanol–water partition coefficient (Wildman–Crippen LogP) is 4.52. The molecule has 0 saturated heterocycles. The number of ether oxygens (including phenoxy) is 1. The van der Waals surface area contributed by atoms with Gasteiger partial charge in [-0.15, -0.1) is 11.3 Å². The zero-order valence-electron chi connectivity index (χ0n) is 11.4. The van der Waals surface area contributed by atoms with Gasteiger partial charge in [0.1, 0.15) is 5.82 Å². The van der Waals surface area contributed by atoms with Crippen LogP contribution < -0.4 is 0 Å². The van der Waals surface area contributed by atoms with Crippen LogP contribution >= 0.6 is 11.3 Å². The topological polar surface area (TPSA) is 26.3 Å². The van der Waals surface area contributed by atoms with Gasteiger partial charge in [-0.05, 0) is 49.8 Å². The lowest BCUT2D eigenvalue weighted by Gasteiger charge is -2.00. The zero-order chi connectivity index (χ0) is 14.5. The highest BCUT2D eigenvalue weighted by Crippen LogP contribution is 2.29. The summed E-state index contributed by atoms with van der Waals surface area (Å²) in [7, 11) is 0. The van der Waals surface area contributed by atoms with Gasteiger partial charge in [0.15, 0.2) is 0 Å². The van der Waals surface area contributed by atoms with E-state index in [0.717, 1.165) is 15.3 Å². The second kappa shape index (κ2) is 6.48. The summed E-state index contributed by atoms with van der Waals surface area (Å²) in [5, 5.41) is 0. The van der Waals surface area contributed by atoms with E-state index in [0.29, 0.717) is 12.2 Å². The van der Waals surface area contributed by atoms with Gasteiger partial charge in [-0.25, -0.2) is 9.18 Å². The van der Waals surface area contributed by atoms with Crippen LogP contribution in [0.2, 0.25) is 0 Å². The van der Waals surface area contributed by atoms with Crippen LogP contribution in [-0.2, 0) is 9.53 Å². The largest absolute Gasteiger partial charge is 0.463 e.